The molecule has 2 aromatic carbocycles. The van der Waals surface area contributed by atoms with Crippen molar-refractivity contribution in [2.45, 2.75) is 78.3 Å². The molecule has 1 heterocycles. The van der Waals surface area contributed by atoms with E-state index < -0.39 is 39.4 Å². The molecule has 0 aliphatic carbocycles. The van der Waals surface area contributed by atoms with Crippen LogP contribution in [0.2, 0.25) is 0 Å². The summed E-state index contributed by atoms with van der Waals surface area (Å²) >= 11 is 0. The minimum absolute atomic E-state index is 0.174. The van der Waals surface area contributed by atoms with Crippen LogP contribution < -0.4 is 4.90 Å². The molecule has 0 aromatic heterocycles. The van der Waals surface area contributed by atoms with Crippen molar-refractivity contribution < 1.29 is 27.5 Å². The van der Waals surface area contributed by atoms with Gasteiger partial charge in [0.05, 0.1) is 29.2 Å². The maximum Gasteiger partial charge on any atom is 0.338 e. The first-order chi connectivity index (χ1) is 16.6. The molecule has 1 saturated heterocycles. The fourth-order valence-electron chi connectivity index (χ4n) is 4.69. The van der Waals surface area contributed by atoms with E-state index in [1.807, 2.05) is 19.9 Å². The highest BCUT2D eigenvalue weighted by atomic mass is 32.2. The molecule has 0 spiro atoms. The second-order valence-corrected chi connectivity index (χ2v) is 11.9. The third-order valence-corrected chi connectivity index (χ3v) is 8.97. The average molecular weight is 515 g/mol. The van der Waals surface area contributed by atoms with Crippen LogP contribution in [0.3, 0.4) is 0 Å². The molecule has 1 aliphatic heterocycles. The van der Waals surface area contributed by atoms with Crippen molar-refractivity contribution in [1.29, 1.82) is 0 Å². The Morgan fingerprint density at radius 3 is 2.03 bits per heavy atom. The molecule has 2 aromatic rings. The molecule has 36 heavy (non-hydrogen) atoms. The van der Waals surface area contributed by atoms with Crippen LogP contribution in [0.4, 0.5) is 5.69 Å². The number of imide groups is 1. The van der Waals surface area contributed by atoms with Crippen molar-refractivity contribution in [2.75, 3.05) is 11.5 Å². The Hall–Kier alpha value is -3.04. The van der Waals surface area contributed by atoms with Gasteiger partial charge in [-0.2, -0.15) is 4.31 Å². The van der Waals surface area contributed by atoms with E-state index in [2.05, 4.69) is 0 Å². The third kappa shape index (κ3) is 4.82. The number of amides is 2. The quantitative estimate of drug-likeness (QED) is 0.423. The number of nitrogens with zero attached hydrogens (tertiary/aromatic N) is 2. The molecule has 0 saturated carbocycles. The molecule has 2 amide bonds. The Morgan fingerprint density at radius 2 is 1.56 bits per heavy atom. The number of ether oxygens (including phenoxy) is 1. The molecule has 0 radical (unpaired) electrons. The number of benzene rings is 2. The van der Waals surface area contributed by atoms with Crippen LogP contribution in [0.1, 0.15) is 66.7 Å². The molecule has 1 aliphatic rings. The van der Waals surface area contributed by atoms with Gasteiger partial charge in [0.15, 0.2) is 0 Å². The van der Waals surface area contributed by atoms with Gasteiger partial charge in [-0.25, -0.2) is 18.1 Å². The second kappa shape index (κ2) is 9.78. The molecule has 1 atom stereocenters. The number of anilines is 1. The second-order valence-electron chi connectivity index (χ2n) is 10.1. The lowest BCUT2D eigenvalue weighted by molar-refractivity contribution is -0.122. The predicted octanol–water partition coefficient (Wildman–Crippen LogP) is 4.22. The molecule has 0 bridgehead atoms. The maximum atomic E-state index is 14.2. The van der Waals surface area contributed by atoms with Crippen molar-refractivity contribution >= 4 is 33.5 Å². The number of esters is 1. The van der Waals surface area contributed by atoms with Gasteiger partial charge >= 0.3 is 5.97 Å². The van der Waals surface area contributed by atoms with Crippen LogP contribution in [0, 0.1) is 27.7 Å². The van der Waals surface area contributed by atoms with Crippen molar-refractivity contribution in [2.24, 2.45) is 0 Å². The Labute approximate surface area is 213 Å². The largest absolute Gasteiger partial charge is 0.462 e. The Morgan fingerprint density at radius 1 is 1.03 bits per heavy atom. The van der Waals surface area contributed by atoms with E-state index in [1.165, 1.54) is 28.6 Å². The molecule has 1 fully saturated rings. The van der Waals surface area contributed by atoms with Crippen molar-refractivity contribution in [1.82, 2.24) is 4.31 Å². The van der Waals surface area contributed by atoms with Gasteiger partial charge in [0, 0.05) is 5.54 Å². The Bertz CT molecular complexity index is 1300. The highest BCUT2D eigenvalue weighted by Crippen LogP contribution is 2.37. The summed E-state index contributed by atoms with van der Waals surface area (Å²) in [5, 5.41) is 0. The van der Waals surface area contributed by atoms with Crippen molar-refractivity contribution in [3.63, 3.8) is 0 Å². The van der Waals surface area contributed by atoms with Gasteiger partial charge in [-0.15, -0.1) is 0 Å². The highest BCUT2D eigenvalue weighted by Gasteiger charge is 2.51. The highest BCUT2D eigenvalue weighted by molar-refractivity contribution is 7.89. The summed E-state index contributed by atoms with van der Waals surface area (Å²) in [4.78, 5) is 39.8. The number of rotatable bonds is 6. The SMILES string of the molecule is CCOC(=O)c1ccc(N2C(=O)CC(N(C(C)(C)C)S(=O)(=O)c3c(C)c(C)cc(C)c3C)C2=O)cc1. The summed E-state index contributed by atoms with van der Waals surface area (Å²) in [6.07, 6.45) is -0.280. The van der Waals surface area contributed by atoms with Gasteiger partial charge in [0.2, 0.25) is 15.9 Å². The standard InChI is InChI=1S/C27H34N2O6S/c1-9-35-26(32)20-10-12-21(13-11-20)28-23(30)15-22(25(28)31)29(27(6,7)8)36(33,34)24-18(4)16(2)14-17(3)19(24)5/h10-14,22H,9,15H2,1-8H3. The first-order valence-electron chi connectivity index (χ1n) is 11.9. The van der Waals surface area contributed by atoms with Crippen LogP contribution in [0.25, 0.3) is 0 Å². The van der Waals surface area contributed by atoms with E-state index in [4.69, 9.17) is 4.74 Å². The zero-order valence-corrected chi connectivity index (χ0v) is 22.9. The van der Waals surface area contributed by atoms with Gasteiger partial charge in [-0.05, 0) is 102 Å². The van der Waals surface area contributed by atoms with Gasteiger partial charge in [-0.1, -0.05) is 6.07 Å². The number of sulfonamides is 1. The first-order valence-corrected chi connectivity index (χ1v) is 13.3. The molecule has 3 rings (SSSR count). The topological polar surface area (TPSA) is 101 Å². The average Bonchev–Trinajstić information content (AvgIpc) is 3.04. The van der Waals surface area contributed by atoms with Crippen LogP contribution in [-0.2, 0) is 24.3 Å². The van der Waals surface area contributed by atoms with Crippen LogP contribution in [0.5, 0.6) is 0 Å². The minimum atomic E-state index is -4.16. The summed E-state index contributed by atoms with van der Waals surface area (Å²) in [5.41, 5.74) is 2.48. The number of hydrogen-bond donors (Lipinski definition) is 0. The minimum Gasteiger partial charge on any atom is -0.462 e. The fraction of sp³-hybridized carbons (Fsp3) is 0.444. The van der Waals surface area contributed by atoms with E-state index in [0.717, 1.165) is 16.0 Å². The zero-order valence-electron chi connectivity index (χ0n) is 22.1. The summed E-state index contributed by atoms with van der Waals surface area (Å²) in [7, 11) is -4.16. The molecule has 1 unspecified atom stereocenters. The molecule has 9 heteroatoms. The third-order valence-electron chi connectivity index (χ3n) is 6.52. The monoisotopic (exact) mass is 514 g/mol. The van der Waals surface area contributed by atoms with Crippen LogP contribution in [0.15, 0.2) is 35.2 Å². The maximum absolute atomic E-state index is 14.2. The smallest absolute Gasteiger partial charge is 0.338 e. The van der Waals surface area contributed by atoms with E-state index in [9.17, 15) is 22.8 Å². The lowest BCUT2D eigenvalue weighted by Gasteiger charge is -2.38. The molecule has 0 N–H and O–H groups in total. The van der Waals surface area contributed by atoms with Gasteiger partial charge < -0.3 is 4.74 Å². The first kappa shape index (κ1) is 27.5. The van der Waals surface area contributed by atoms with E-state index in [0.29, 0.717) is 11.1 Å². The van der Waals surface area contributed by atoms with Crippen LogP contribution in [-0.4, -0.2) is 48.7 Å². The molecule has 194 valence electrons. The van der Waals surface area contributed by atoms with E-state index in [-0.39, 0.29) is 29.2 Å². The fourth-order valence-corrected chi connectivity index (χ4v) is 7.21. The molecule has 8 nitrogen and oxygen atoms in total. The Kier molecular flexibility index (Phi) is 7.49. The Balaban J connectivity index is 2.07. The van der Waals surface area contributed by atoms with Gasteiger partial charge in [0.1, 0.15) is 6.04 Å². The molecular formula is C27H34N2O6S. The lowest BCUT2D eigenvalue weighted by Crippen LogP contribution is -2.54. The number of carbonyl (C=O) groups is 3. The van der Waals surface area contributed by atoms with Crippen molar-refractivity contribution in [3.05, 3.63) is 58.1 Å². The molecular weight excluding hydrogens is 480 g/mol. The zero-order chi connectivity index (χ0) is 27.2. The normalized spacial score (nSPS) is 16.7. The number of hydrogen-bond acceptors (Lipinski definition) is 6. The summed E-state index contributed by atoms with van der Waals surface area (Å²) < 4.78 is 34.5. The van der Waals surface area contributed by atoms with E-state index >= 15 is 0 Å². The van der Waals surface area contributed by atoms with Gasteiger partial charge in [0.25, 0.3) is 5.91 Å². The van der Waals surface area contributed by atoms with Crippen molar-refractivity contribution in [3.8, 4) is 0 Å². The number of aryl methyl sites for hydroxylation is 2. The number of carbonyl (C=O) groups excluding carboxylic acids is 3. The summed E-state index contributed by atoms with van der Waals surface area (Å²) in [5.74, 6) is -1.64. The summed E-state index contributed by atoms with van der Waals surface area (Å²) in [6.45, 7) is 14.3. The predicted molar refractivity (Wildman–Crippen MR) is 137 cm³/mol. The van der Waals surface area contributed by atoms with Gasteiger partial charge in [-0.3, -0.25) is 9.59 Å². The summed E-state index contributed by atoms with van der Waals surface area (Å²) in [6, 6.07) is 6.66. The van der Waals surface area contributed by atoms with E-state index in [1.54, 1.807) is 41.5 Å². The lowest BCUT2D eigenvalue weighted by atomic mass is 10.0. The van der Waals surface area contributed by atoms with Crippen LogP contribution >= 0.6 is 0 Å².